The summed E-state index contributed by atoms with van der Waals surface area (Å²) in [6.45, 7) is 9.98. The number of sulfonamides is 1. The number of aryl methyl sites for hydroxylation is 1. The van der Waals surface area contributed by atoms with Crippen molar-refractivity contribution in [2.45, 2.75) is 50.7 Å². The molecule has 108 valence electrons. The highest BCUT2D eigenvalue weighted by Gasteiger charge is 2.43. The summed E-state index contributed by atoms with van der Waals surface area (Å²) in [7, 11) is -3.53. The fourth-order valence-corrected chi connectivity index (χ4v) is 4.48. The van der Waals surface area contributed by atoms with Crippen molar-refractivity contribution in [2.24, 2.45) is 0 Å². The number of H-pyrrole nitrogens is 1. The molecule has 19 heavy (non-hydrogen) atoms. The van der Waals surface area contributed by atoms with Crippen molar-refractivity contribution in [2.75, 3.05) is 13.1 Å². The van der Waals surface area contributed by atoms with Crippen LogP contribution in [0.1, 0.15) is 33.4 Å². The van der Waals surface area contributed by atoms with Crippen LogP contribution in [0.15, 0.2) is 11.1 Å². The summed E-state index contributed by atoms with van der Waals surface area (Å²) in [4.78, 5) is 0.237. The molecular weight excluding hydrogens is 266 g/mol. The lowest BCUT2D eigenvalue weighted by molar-refractivity contribution is -0.163. The monoisotopic (exact) mass is 287 g/mol. The van der Waals surface area contributed by atoms with Crippen LogP contribution in [0.3, 0.4) is 0 Å². The van der Waals surface area contributed by atoms with E-state index in [2.05, 4.69) is 10.2 Å². The van der Waals surface area contributed by atoms with Crippen LogP contribution in [0.4, 0.5) is 0 Å². The van der Waals surface area contributed by atoms with Crippen LogP contribution in [0, 0.1) is 6.92 Å². The summed E-state index contributed by atoms with van der Waals surface area (Å²) in [5, 5.41) is 6.46. The predicted octanol–water partition coefficient (Wildman–Crippen LogP) is 1.30. The second kappa shape index (κ2) is 4.29. The van der Waals surface area contributed by atoms with Crippen LogP contribution in [0.5, 0.6) is 0 Å². The van der Waals surface area contributed by atoms with Crippen molar-refractivity contribution in [3.8, 4) is 0 Å². The zero-order chi connectivity index (χ0) is 14.5. The van der Waals surface area contributed by atoms with Crippen LogP contribution in [-0.2, 0) is 14.8 Å². The largest absolute Gasteiger partial charge is 0.367 e. The van der Waals surface area contributed by atoms with Gasteiger partial charge in [0.15, 0.2) is 0 Å². The summed E-state index contributed by atoms with van der Waals surface area (Å²) in [6, 6.07) is 0. The highest BCUT2D eigenvalue weighted by Crippen LogP contribution is 2.31. The Labute approximate surface area is 114 Å². The summed E-state index contributed by atoms with van der Waals surface area (Å²) < 4.78 is 32.7. The van der Waals surface area contributed by atoms with Gasteiger partial charge in [-0.3, -0.25) is 5.10 Å². The van der Waals surface area contributed by atoms with Gasteiger partial charge in [-0.05, 0) is 34.6 Å². The maximum Gasteiger partial charge on any atom is 0.246 e. The average molecular weight is 287 g/mol. The number of aromatic amines is 1. The SMILES string of the molecule is Cc1[nH]ncc1S(=O)(=O)N1CC(C)(C)OC(C)(C)C1. The molecule has 1 fully saturated rings. The lowest BCUT2D eigenvalue weighted by atomic mass is 10.0. The molecule has 2 rings (SSSR count). The van der Waals surface area contributed by atoms with E-state index in [0.29, 0.717) is 18.8 Å². The molecular formula is C12H21N3O3S. The Balaban J connectivity index is 2.39. The first kappa shape index (κ1) is 14.5. The normalized spacial score (nSPS) is 23.4. The molecule has 0 aliphatic carbocycles. The van der Waals surface area contributed by atoms with E-state index in [-0.39, 0.29) is 4.90 Å². The summed E-state index contributed by atoms with van der Waals surface area (Å²) in [5.74, 6) is 0. The molecule has 1 aliphatic rings. The van der Waals surface area contributed by atoms with E-state index in [1.807, 2.05) is 27.7 Å². The molecule has 0 radical (unpaired) electrons. The van der Waals surface area contributed by atoms with E-state index in [0.717, 1.165) is 0 Å². The maximum atomic E-state index is 12.7. The van der Waals surface area contributed by atoms with Gasteiger partial charge in [-0.25, -0.2) is 8.42 Å². The molecule has 0 saturated carbocycles. The van der Waals surface area contributed by atoms with E-state index in [9.17, 15) is 8.42 Å². The molecule has 1 aromatic rings. The molecule has 1 N–H and O–H groups in total. The van der Waals surface area contributed by atoms with Crippen molar-refractivity contribution >= 4 is 10.0 Å². The first-order chi connectivity index (χ1) is 8.54. The molecule has 1 aliphatic heterocycles. The quantitative estimate of drug-likeness (QED) is 0.889. The zero-order valence-corrected chi connectivity index (χ0v) is 12.8. The first-order valence-electron chi connectivity index (χ1n) is 6.24. The van der Waals surface area contributed by atoms with Gasteiger partial charge >= 0.3 is 0 Å². The second-order valence-electron chi connectivity index (χ2n) is 6.25. The van der Waals surface area contributed by atoms with Gasteiger partial charge in [-0.1, -0.05) is 0 Å². The Morgan fingerprint density at radius 1 is 1.26 bits per heavy atom. The zero-order valence-electron chi connectivity index (χ0n) is 12.0. The minimum Gasteiger partial charge on any atom is -0.367 e. The third kappa shape index (κ3) is 2.82. The first-order valence-corrected chi connectivity index (χ1v) is 7.68. The van der Waals surface area contributed by atoms with Gasteiger partial charge < -0.3 is 4.74 Å². The molecule has 2 heterocycles. The Bertz CT molecular complexity index is 559. The molecule has 0 aromatic carbocycles. The van der Waals surface area contributed by atoms with Gasteiger partial charge in [-0.15, -0.1) is 0 Å². The van der Waals surface area contributed by atoms with Crippen molar-refractivity contribution in [1.82, 2.24) is 14.5 Å². The Hall–Kier alpha value is -0.920. The van der Waals surface area contributed by atoms with Crippen molar-refractivity contribution < 1.29 is 13.2 Å². The van der Waals surface area contributed by atoms with Crippen LogP contribution in [0.2, 0.25) is 0 Å². The molecule has 0 atom stereocenters. The number of ether oxygens (including phenoxy) is 1. The van der Waals surface area contributed by atoms with Gasteiger partial charge in [0, 0.05) is 13.1 Å². The number of hydrogen-bond acceptors (Lipinski definition) is 4. The standard InChI is InChI=1S/C12H21N3O3S/c1-9-10(6-13-14-9)19(16,17)15-7-11(2,3)18-12(4,5)8-15/h6H,7-8H2,1-5H3,(H,13,14). The third-order valence-electron chi connectivity index (χ3n) is 3.07. The van der Waals surface area contributed by atoms with E-state index >= 15 is 0 Å². The molecule has 0 spiro atoms. The van der Waals surface area contributed by atoms with Crippen molar-refractivity contribution in [1.29, 1.82) is 0 Å². The van der Waals surface area contributed by atoms with E-state index in [1.165, 1.54) is 10.5 Å². The second-order valence-corrected chi connectivity index (χ2v) is 8.16. The van der Waals surface area contributed by atoms with Gasteiger partial charge in [0.25, 0.3) is 0 Å². The molecule has 0 amide bonds. The molecule has 0 bridgehead atoms. The number of morpholine rings is 1. The van der Waals surface area contributed by atoms with Gasteiger partial charge in [0.1, 0.15) is 4.90 Å². The number of hydrogen-bond donors (Lipinski definition) is 1. The van der Waals surface area contributed by atoms with Gasteiger partial charge in [-0.2, -0.15) is 9.40 Å². The average Bonchev–Trinajstić information content (AvgIpc) is 2.60. The smallest absolute Gasteiger partial charge is 0.246 e. The summed E-state index contributed by atoms with van der Waals surface area (Å²) in [5.41, 5.74) is -0.457. The van der Waals surface area contributed by atoms with Crippen LogP contribution in [-0.4, -0.2) is 47.2 Å². The van der Waals surface area contributed by atoms with Crippen LogP contribution >= 0.6 is 0 Å². The Morgan fingerprint density at radius 2 is 1.79 bits per heavy atom. The lowest BCUT2D eigenvalue weighted by Crippen LogP contribution is -2.58. The number of rotatable bonds is 2. The van der Waals surface area contributed by atoms with Crippen LogP contribution < -0.4 is 0 Å². The van der Waals surface area contributed by atoms with E-state index < -0.39 is 21.2 Å². The number of aromatic nitrogens is 2. The minimum atomic E-state index is -3.53. The predicted molar refractivity (Wildman–Crippen MR) is 71.3 cm³/mol. The highest BCUT2D eigenvalue weighted by atomic mass is 32.2. The van der Waals surface area contributed by atoms with E-state index in [4.69, 9.17) is 4.74 Å². The van der Waals surface area contributed by atoms with Gasteiger partial charge in [0.2, 0.25) is 10.0 Å². The maximum absolute atomic E-state index is 12.7. The number of nitrogens with zero attached hydrogens (tertiary/aromatic N) is 2. The van der Waals surface area contributed by atoms with Crippen LogP contribution in [0.25, 0.3) is 0 Å². The Kier molecular flexibility index (Phi) is 3.27. The van der Waals surface area contributed by atoms with Gasteiger partial charge in [0.05, 0.1) is 23.1 Å². The van der Waals surface area contributed by atoms with E-state index in [1.54, 1.807) is 6.92 Å². The Morgan fingerprint density at radius 3 is 2.21 bits per heavy atom. The fraction of sp³-hybridized carbons (Fsp3) is 0.750. The summed E-state index contributed by atoms with van der Waals surface area (Å²) in [6.07, 6.45) is 1.36. The minimum absolute atomic E-state index is 0.237. The fourth-order valence-electron chi connectivity index (χ4n) is 2.63. The molecule has 7 heteroatoms. The molecule has 1 saturated heterocycles. The molecule has 0 unspecified atom stereocenters. The highest BCUT2D eigenvalue weighted by molar-refractivity contribution is 7.89. The van der Waals surface area contributed by atoms with Crippen molar-refractivity contribution in [3.05, 3.63) is 11.9 Å². The summed E-state index contributed by atoms with van der Waals surface area (Å²) >= 11 is 0. The topological polar surface area (TPSA) is 75.3 Å². The molecule has 1 aromatic heterocycles. The third-order valence-corrected chi connectivity index (χ3v) is 4.97. The van der Waals surface area contributed by atoms with Crippen molar-refractivity contribution in [3.63, 3.8) is 0 Å². The molecule has 6 nitrogen and oxygen atoms in total. The lowest BCUT2D eigenvalue weighted by Gasteiger charge is -2.46. The number of nitrogens with one attached hydrogen (secondary N) is 1.